The van der Waals surface area contributed by atoms with Crippen molar-refractivity contribution in [2.24, 2.45) is 0 Å². The van der Waals surface area contributed by atoms with E-state index in [1.807, 2.05) is 18.2 Å². The Morgan fingerprint density at radius 2 is 1.65 bits per heavy atom. The van der Waals surface area contributed by atoms with Crippen molar-refractivity contribution in [1.29, 1.82) is 0 Å². The lowest BCUT2D eigenvalue weighted by Crippen LogP contribution is -2.46. The first-order valence-corrected chi connectivity index (χ1v) is 13.8. The van der Waals surface area contributed by atoms with E-state index in [0.717, 1.165) is 25.2 Å². The van der Waals surface area contributed by atoms with Crippen molar-refractivity contribution >= 4 is 23.4 Å². The Balaban J connectivity index is 1.29. The van der Waals surface area contributed by atoms with Gasteiger partial charge in [0.25, 0.3) is 11.8 Å². The summed E-state index contributed by atoms with van der Waals surface area (Å²) in [7, 11) is 3.34. The molecule has 0 aromatic heterocycles. The number of carbonyl (C=O) groups is 3. The average molecular weight is 541 g/mol. The summed E-state index contributed by atoms with van der Waals surface area (Å²) in [5.41, 5.74) is 4.36. The van der Waals surface area contributed by atoms with Crippen molar-refractivity contribution in [3.8, 4) is 16.9 Å². The minimum absolute atomic E-state index is 0.115. The highest BCUT2D eigenvalue weighted by atomic mass is 16.5. The number of likely N-dealkylation sites (tertiary alicyclic amines) is 1. The molecule has 1 fully saturated rings. The lowest BCUT2D eigenvalue weighted by molar-refractivity contribution is -0.125. The number of nitrogens with zero attached hydrogens (tertiary/aromatic N) is 3. The summed E-state index contributed by atoms with van der Waals surface area (Å²) in [5.74, 6) is -0.162. The molecule has 2 aliphatic rings. The highest BCUT2D eigenvalue weighted by Gasteiger charge is 2.29. The molecule has 1 N–H and O–H groups in total. The molecule has 0 radical (unpaired) electrons. The number of ether oxygens (including phenoxy) is 1. The van der Waals surface area contributed by atoms with E-state index in [9.17, 15) is 14.4 Å². The van der Waals surface area contributed by atoms with Gasteiger partial charge in [-0.15, -0.1) is 0 Å². The molecule has 1 unspecified atom stereocenters. The van der Waals surface area contributed by atoms with Crippen LogP contribution < -0.4 is 15.0 Å². The standard InChI is InChI=1S/C32H36N4O4/c1-34(2)32(39)26-14-15-29-28(18-26)36(31(38)22-40-29)21-30(37)33-19-27(20-35-16-6-7-17-35)25-12-10-24(11-13-25)23-8-4-3-5-9-23/h3-5,8-15,18,27H,6-7,16-17,19-22H2,1-2H3,(H,33,37). The maximum Gasteiger partial charge on any atom is 0.265 e. The largest absolute Gasteiger partial charge is 0.482 e. The van der Waals surface area contributed by atoms with E-state index >= 15 is 0 Å². The van der Waals surface area contributed by atoms with Gasteiger partial charge in [0.1, 0.15) is 12.3 Å². The molecule has 208 valence electrons. The van der Waals surface area contributed by atoms with Crippen LogP contribution >= 0.6 is 0 Å². The van der Waals surface area contributed by atoms with Gasteiger partial charge in [0.15, 0.2) is 6.61 Å². The third-order valence-electron chi connectivity index (χ3n) is 7.57. The van der Waals surface area contributed by atoms with Gasteiger partial charge in [0, 0.05) is 38.7 Å². The van der Waals surface area contributed by atoms with Gasteiger partial charge in [-0.25, -0.2) is 0 Å². The quantitative estimate of drug-likeness (QED) is 0.447. The van der Waals surface area contributed by atoms with E-state index in [4.69, 9.17) is 4.74 Å². The van der Waals surface area contributed by atoms with Crippen molar-refractivity contribution in [1.82, 2.24) is 15.1 Å². The number of hydrogen-bond acceptors (Lipinski definition) is 5. The minimum atomic E-state index is -0.317. The molecule has 0 spiro atoms. The number of benzene rings is 3. The summed E-state index contributed by atoms with van der Waals surface area (Å²) in [6.45, 7) is 3.18. The summed E-state index contributed by atoms with van der Waals surface area (Å²) in [5, 5.41) is 3.08. The second-order valence-electron chi connectivity index (χ2n) is 10.6. The zero-order valence-electron chi connectivity index (χ0n) is 23.1. The molecule has 1 atom stereocenters. The summed E-state index contributed by atoms with van der Waals surface area (Å²) >= 11 is 0. The van der Waals surface area contributed by atoms with Crippen LogP contribution in [-0.4, -0.2) is 80.9 Å². The summed E-state index contributed by atoms with van der Waals surface area (Å²) in [4.78, 5) is 43.8. The maximum absolute atomic E-state index is 13.2. The first-order valence-electron chi connectivity index (χ1n) is 13.8. The van der Waals surface area contributed by atoms with Crippen LogP contribution in [0.3, 0.4) is 0 Å². The number of fused-ring (bicyclic) bond motifs is 1. The predicted octanol–water partition coefficient (Wildman–Crippen LogP) is 3.78. The van der Waals surface area contributed by atoms with Gasteiger partial charge in [0.05, 0.1) is 5.69 Å². The molecule has 0 aliphatic carbocycles. The molecule has 3 aromatic carbocycles. The Hall–Kier alpha value is -4.17. The fourth-order valence-electron chi connectivity index (χ4n) is 5.35. The molecule has 5 rings (SSSR count). The summed E-state index contributed by atoms with van der Waals surface area (Å²) in [6, 6.07) is 23.8. The lowest BCUT2D eigenvalue weighted by Gasteiger charge is -2.30. The fraction of sp³-hybridized carbons (Fsp3) is 0.344. The van der Waals surface area contributed by atoms with Crippen LogP contribution in [0.25, 0.3) is 11.1 Å². The van der Waals surface area contributed by atoms with E-state index in [-0.39, 0.29) is 36.8 Å². The summed E-state index contributed by atoms with van der Waals surface area (Å²) in [6.07, 6.45) is 2.39. The molecule has 1 saturated heterocycles. The molecule has 2 heterocycles. The molecule has 0 bridgehead atoms. The molecule has 0 saturated carbocycles. The fourth-order valence-corrected chi connectivity index (χ4v) is 5.35. The molecule has 2 aliphatic heterocycles. The van der Waals surface area contributed by atoms with Crippen LogP contribution in [0.1, 0.15) is 34.7 Å². The second kappa shape index (κ2) is 12.3. The number of anilines is 1. The summed E-state index contributed by atoms with van der Waals surface area (Å²) < 4.78 is 5.56. The molecular weight excluding hydrogens is 504 g/mol. The highest BCUT2D eigenvalue weighted by Crippen LogP contribution is 2.33. The molecular formula is C32H36N4O4. The van der Waals surface area contributed by atoms with Crippen molar-refractivity contribution < 1.29 is 19.1 Å². The highest BCUT2D eigenvalue weighted by molar-refractivity contribution is 6.04. The minimum Gasteiger partial charge on any atom is -0.482 e. The van der Waals surface area contributed by atoms with Crippen molar-refractivity contribution in [3.05, 3.63) is 83.9 Å². The number of rotatable bonds is 9. The number of carbonyl (C=O) groups excluding carboxylic acids is 3. The van der Waals surface area contributed by atoms with E-state index in [0.29, 0.717) is 23.5 Å². The molecule has 8 nitrogen and oxygen atoms in total. The van der Waals surface area contributed by atoms with Crippen LogP contribution in [0.4, 0.5) is 5.69 Å². The van der Waals surface area contributed by atoms with Crippen LogP contribution in [0.15, 0.2) is 72.8 Å². The van der Waals surface area contributed by atoms with Gasteiger partial charge in [-0.3, -0.25) is 19.3 Å². The van der Waals surface area contributed by atoms with Gasteiger partial charge in [-0.05, 0) is 60.8 Å². The molecule has 40 heavy (non-hydrogen) atoms. The third-order valence-corrected chi connectivity index (χ3v) is 7.57. The Morgan fingerprint density at radius 3 is 2.35 bits per heavy atom. The van der Waals surface area contributed by atoms with Crippen molar-refractivity contribution in [2.45, 2.75) is 18.8 Å². The van der Waals surface area contributed by atoms with Crippen molar-refractivity contribution in [2.75, 3.05) is 58.3 Å². The second-order valence-corrected chi connectivity index (χ2v) is 10.6. The Bertz CT molecular complexity index is 1350. The van der Waals surface area contributed by atoms with Crippen LogP contribution in [0.2, 0.25) is 0 Å². The monoisotopic (exact) mass is 540 g/mol. The number of nitrogens with one attached hydrogen (secondary N) is 1. The van der Waals surface area contributed by atoms with Gasteiger partial charge in [-0.2, -0.15) is 0 Å². The van der Waals surface area contributed by atoms with Gasteiger partial charge in [-0.1, -0.05) is 54.6 Å². The smallest absolute Gasteiger partial charge is 0.265 e. The Morgan fingerprint density at radius 1 is 0.950 bits per heavy atom. The van der Waals surface area contributed by atoms with Gasteiger partial charge >= 0.3 is 0 Å². The lowest BCUT2D eigenvalue weighted by atomic mass is 9.95. The van der Waals surface area contributed by atoms with Gasteiger partial charge in [0.2, 0.25) is 5.91 Å². The average Bonchev–Trinajstić information content (AvgIpc) is 3.50. The van der Waals surface area contributed by atoms with Gasteiger partial charge < -0.3 is 19.9 Å². The molecule has 3 aromatic rings. The zero-order valence-corrected chi connectivity index (χ0v) is 23.1. The van der Waals surface area contributed by atoms with Crippen LogP contribution in [0, 0.1) is 0 Å². The van der Waals surface area contributed by atoms with E-state index in [1.54, 1.807) is 32.3 Å². The number of amides is 3. The normalized spacial score (nSPS) is 15.8. The SMILES string of the molecule is CN(C)C(=O)c1ccc2c(c1)N(CC(=O)NCC(CN1CCCC1)c1ccc(-c3ccccc3)cc1)C(=O)CO2. The molecule has 8 heteroatoms. The molecule has 3 amide bonds. The topological polar surface area (TPSA) is 82.2 Å². The van der Waals surface area contributed by atoms with Crippen LogP contribution in [-0.2, 0) is 9.59 Å². The predicted molar refractivity (Wildman–Crippen MR) is 156 cm³/mol. The Kier molecular flexibility index (Phi) is 8.45. The first kappa shape index (κ1) is 27.4. The van der Waals surface area contributed by atoms with E-state index in [2.05, 4.69) is 46.6 Å². The maximum atomic E-state index is 13.2. The Labute approximate surface area is 235 Å². The number of hydrogen-bond donors (Lipinski definition) is 1. The van der Waals surface area contributed by atoms with E-state index in [1.165, 1.54) is 33.8 Å². The first-order chi connectivity index (χ1) is 19.4. The van der Waals surface area contributed by atoms with Crippen LogP contribution in [0.5, 0.6) is 5.75 Å². The van der Waals surface area contributed by atoms with Crippen molar-refractivity contribution in [3.63, 3.8) is 0 Å². The van der Waals surface area contributed by atoms with E-state index < -0.39 is 0 Å². The third kappa shape index (κ3) is 6.34. The zero-order chi connectivity index (χ0) is 28.1.